The summed E-state index contributed by atoms with van der Waals surface area (Å²) in [6.07, 6.45) is 9.43. The summed E-state index contributed by atoms with van der Waals surface area (Å²) in [6, 6.07) is 0. The minimum Gasteiger partial charge on any atom is -0.481 e. The van der Waals surface area contributed by atoms with E-state index in [0.717, 1.165) is 38.5 Å². The smallest absolute Gasteiger partial charge is 0.347 e. The minimum atomic E-state index is -1.52. The molecule has 0 aromatic heterocycles. The molecule has 302 valence electrons. The Balaban J connectivity index is 1.19. The number of carboxylic acids is 1. The molecule has 1 aliphatic heterocycles. The van der Waals surface area contributed by atoms with Crippen molar-refractivity contribution in [2.24, 2.45) is 57.7 Å². The molecule has 54 heavy (non-hydrogen) atoms. The molecular weight excluding hydrogens is 692 g/mol. The van der Waals surface area contributed by atoms with Crippen LogP contribution in [0.5, 0.6) is 0 Å². The number of cyclic esters (lactones) is 1. The van der Waals surface area contributed by atoms with Crippen LogP contribution in [0, 0.1) is 57.7 Å². The first-order valence-electron chi connectivity index (χ1n) is 21.0. The lowest BCUT2D eigenvalue weighted by Gasteiger charge is -2.60. The van der Waals surface area contributed by atoms with Crippen LogP contribution in [0.3, 0.4) is 0 Å². The van der Waals surface area contributed by atoms with Crippen molar-refractivity contribution in [3.05, 3.63) is 0 Å². The van der Waals surface area contributed by atoms with E-state index >= 15 is 0 Å². The summed E-state index contributed by atoms with van der Waals surface area (Å²) >= 11 is 0. The predicted molar refractivity (Wildman–Crippen MR) is 195 cm³/mol. The zero-order valence-corrected chi connectivity index (χ0v) is 33.4. The van der Waals surface area contributed by atoms with Crippen molar-refractivity contribution in [2.75, 3.05) is 6.61 Å². The third kappa shape index (κ3) is 7.10. The Morgan fingerprint density at radius 3 is 1.91 bits per heavy atom. The topological polar surface area (TPSA) is 163 Å². The number of carbonyl (C=O) groups is 5. The Kier molecular flexibility index (Phi) is 10.1. The van der Waals surface area contributed by atoms with Gasteiger partial charge >= 0.3 is 29.8 Å². The highest BCUT2D eigenvalue weighted by Crippen LogP contribution is 2.62. The van der Waals surface area contributed by atoms with Crippen LogP contribution in [-0.4, -0.2) is 69.6 Å². The number of carboxylic acid groups (broad SMARTS) is 1. The molecule has 8 bridgehead atoms. The van der Waals surface area contributed by atoms with E-state index in [1.807, 2.05) is 13.8 Å². The summed E-state index contributed by atoms with van der Waals surface area (Å²) in [6.45, 7) is 10.7. The first kappa shape index (κ1) is 39.5. The molecule has 8 aliphatic carbocycles. The van der Waals surface area contributed by atoms with E-state index in [0.29, 0.717) is 62.2 Å². The number of carbonyl (C=O) groups excluding carboxylic acids is 4. The van der Waals surface area contributed by atoms with Crippen LogP contribution in [0.4, 0.5) is 0 Å². The van der Waals surface area contributed by atoms with E-state index in [4.69, 9.17) is 18.9 Å². The van der Waals surface area contributed by atoms with E-state index in [1.165, 1.54) is 6.42 Å². The Bertz CT molecular complexity index is 1490. The van der Waals surface area contributed by atoms with Gasteiger partial charge in [-0.1, -0.05) is 13.8 Å². The number of hydrogen-bond donors (Lipinski definition) is 2. The van der Waals surface area contributed by atoms with Gasteiger partial charge in [0.05, 0.1) is 34.4 Å². The molecule has 0 aromatic carbocycles. The molecule has 6 unspecified atom stereocenters. The first-order valence-corrected chi connectivity index (χ1v) is 21.0. The monoisotopic (exact) mass is 756 g/mol. The molecular formula is C43H64O11. The largest absolute Gasteiger partial charge is 0.481 e. The standard InChI is InChI=1S/C43H64O11/c1-7-39(5,37(49)54-43(8-2)30-13-25-11-26(15-30)16-31(43)14-25)23-40(6,36(48)52-32-9-10-51-34(32)45)22-29(21-38(3,4)35(46)47)33(44)53-42-19-27-12-28(20-42)18-41(50,17-27)24-42/h25-32,50H,7-24H2,1-6H3,(H,46,47). The van der Waals surface area contributed by atoms with Crippen molar-refractivity contribution in [3.8, 4) is 0 Å². The zero-order valence-electron chi connectivity index (χ0n) is 33.4. The second kappa shape index (κ2) is 13.8. The van der Waals surface area contributed by atoms with Crippen molar-refractivity contribution >= 4 is 29.8 Å². The van der Waals surface area contributed by atoms with Gasteiger partial charge in [0.25, 0.3) is 0 Å². The number of esters is 4. The third-order valence-corrected chi connectivity index (χ3v) is 15.7. The van der Waals surface area contributed by atoms with E-state index in [-0.39, 0.29) is 50.1 Å². The highest BCUT2D eigenvalue weighted by molar-refractivity contribution is 5.85. The number of aliphatic hydroxyl groups is 1. The molecule has 2 N–H and O–H groups in total. The highest BCUT2D eigenvalue weighted by atomic mass is 16.6. The van der Waals surface area contributed by atoms with Gasteiger partial charge in [-0.2, -0.15) is 0 Å². The second-order valence-electron chi connectivity index (χ2n) is 20.6. The number of ether oxygens (including phenoxy) is 4. The van der Waals surface area contributed by atoms with Crippen LogP contribution in [0.15, 0.2) is 0 Å². The molecule has 1 heterocycles. The van der Waals surface area contributed by atoms with Gasteiger partial charge in [-0.15, -0.1) is 0 Å². The fourth-order valence-corrected chi connectivity index (χ4v) is 13.4. The number of aliphatic carboxylic acids is 1. The maximum Gasteiger partial charge on any atom is 0.347 e. The molecule has 11 nitrogen and oxygen atoms in total. The van der Waals surface area contributed by atoms with Crippen molar-refractivity contribution in [1.82, 2.24) is 0 Å². The Hall–Kier alpha value is -2.69. The molecule has 11 heteroatoms. The van der Waals surface area contributed by atoms with Crippen LogP contribution in [0.1, 0.15) is 151 Å². The minimum absolute atomic E-state index is 0.0391. The molecule has 0 spiro atoms. The fraction of sp³-hybridized carbons (Fsp3) is 0.884. The van der Waals surface area contributed by atoms with Crippen LogP contribution < -0.4 is 0 Å². The lowest BCUT2D eigenvalue weighted by Crippen LogP contribution is -2.61. The molecule has 1 saturated heterocycles. The first-order chi connectivity index (χ1) is 25.2. The zero-order chi connectivity index (χ0) is 39.1. The maximum atomic E-state index is 14.7. The highest BCUT2D eigenvalue weighted by Gasteiger charge is 2.62. The van der Waals surface area contributed by atoms with Crippen LogP contribution in [-0.2, 0) is 42.9 Å². The summed E-state index contributed by atoms with van der Waals surface area (Å²) < 4.78 is 24.2. The average molecular weight is 757 g/mol. The summed E-state index contributed by atoms with van der Waals surface area (Å²) in [7, 11) is 0. The van der Waals surface area contributed by atoms with Crippen LogP contribution in [0.2, 0.25) is 0 Å². The summed E-state index contributed by atoms with van der Waals surface area (Å²) in [5.74, 6) is -2.00. The average Bonchev–Trinajstić information content (AvgIpc) is 3.47. The Morgan fingerprint density at radius 1 is 0.815 bits per heavy atom. The molecule has 9 rings (SSSR count). The SMILES string of the molecule is CCC(C)(CC(C)(CC(CC(C)(C)C(=O)O)C(=O)OC12CC3CC(CC(O)(C3)C1)C2)C(=O)OC1CCOC1=O)C(=O)OC1(CC)C2CC3CC(C2)CC1C3. The second-order valence-corrected chi connectivity index (χ2v) is 20.6. The van der Waals surface area contributed by atoms with E-state index in [1.54, 1.807) is 20.8 Å². The normalized spacial score (nSPS) is 40.4. The molecule has 9 fully saturated rings. The lowest BCUT2D eigenvalue weighted by molar-refractivity contribution is -0.224. The van der Waals surface area contributed by atoms with Gasteiger partial charge in [0, 0.05) is 12.8 Å². The van der Waals surface area contributed by atoms with Gasteiger partial charge in [-0.05, 0) is 160 Å². The van der Waals surface area contributed by atoms with Gasteiger partial charge in [0.15, 0.2) is 0 Å². The van der Waals surface area contributed by atoms with Crippen molar-refractivity contribution in [1.29, 1.82) is 0 Å². The summed E-state index contributed by atoms with van der Waals surface area (Å²) in [5, 5.41) is 21.6. The van der Waals surface area contributed by atoms with Gasteiger partial charge < -0.3 is 29.2 Å². The Morgan fingerprint density at radius 2 is 1.41 bits per heavy atom. The predicted octanol–water partition coefficient (Wildman–Crippen LogP) is 6.94. The quantitative estimate of drug-likeness (QED) is 0.132. The van der Waals surface area contributed by atoms with Crippen LogP contribution in [0.25, 0.3) is 0 Å². The van der Waals surface area contributed by atoms with Gasteiger partial charge in [0.1, 0.15) is 11.2 Å². The van der Waals surface area contributed by atoms with Crippen molar-refractivity contribution in [3.63, 3.8) is 0 Å². The van der Waals surface area contributed by atoms with Crippen molar-refractivity contribution in [2.45, 2.75) is 174 Å². The lowest BCUT2D eigenvalue weighted by atomic mass is 9.49. The van der Waals surface area contributed by atoms with Gasteiger partial charge in [-0.3, -0.25) is 19.2 Å². The number of hydrogen-bond acceptors (Lipinski definition) is 10. The van der Waals surface area contributed by atoms with E-state index < -0.39 is 68.9 Å². The molecule has 9 aliphatic rings. The molecule has 0 amide bonds. The molecule has 0 radical (unpaired) electrons. The molecule has 8 saturated carbocycles. The molecule has 0 aromatic rings. The maximum absolute atomic E-state index is 14.7. The van der Waals surface area contributed by atoms with Crippen LogP contribution >= 0.6 is 0 Å². The van der Waals surface area contributed by atoms with Gasteiger partial charge in [-0.25, -0.2) is 4.79 Å². The van der Waals surface area contributed by atoms with E-state index in [9.17, 15) is 34.2 Å². The summed E-state index contributed by atoms with van der Waals surface area (Å²) in [4.78, 5) is 68.8. The fourth-order valence-electron chi connectivity index (χ4n) is 13.4. The number of rotatable bonds is 15. The third-order valence-electron chi connectivity index (χ3n) is 15.7. The van der Waals surface area contributed by atoms with E-state index in [2.05, 4.69) is 6.92 Å². The van der Waals surface area contributed by atoms with Crippen molar-refractivity contribution < 1.29 is 53.1 Å². The van der Waals surface area contributed by atoms with Gasteiger partial charge in [0.2, 0.25) is 6.10 Å². The Labute approximate surface area is 320 Å². The molecule has 6 atom stereocenters. The summed E-state index contributed by atoms with van der Waals surface area (Å²) in [5.41, 5.74) is -6.32.